The fourth-order valence-electron chi connectivity index (χ4n) is 3.59. The number of unbranched alkanes of at least 4 members (excludes halogenated alkanes) is 12. The van der Waals surface area contributed by atoms with E-state index in [-0.39, 0.29) is 6.10 Å². The summed E-state index contributed by atoms with van der Waals surface area (Å²) >= 11 is 0. The third-order valence-corrected chi connectivity index (χ3v) is 5.21. The van der Waals surface area contributed by atoms with E-state index < -0.39 is 0 Å². The maximum absolute atomic E-state index is 10.3. The third kappa shape index (κ3) is 16.8. The molecule has 0 aromatic heterocycles. The standard InChI is InChI=1S/C22H48NO/c1-5-7-9-11-13-14-16-18-20-23(3,4)21-22(24)19-17-15-12-10-8-6-2/h22,24H,5-21H2,1-4H3/q+1. The average molecular weight is 343 g/mol. The number of nitrogens with zero attached hydrogens (tertiary/aromatic N) is 1. The molecule has 0 aliphatic rings. The van der Waals surface area contributed by atoms with Crippen molar-refractivity contribution < 1.29 is 9.59 Å². The second kappa shape index (κ2) is 16.4. The molecular formula is C22H48NO+. The van der Waals surface area contributed by atoms with E-state index in [4.69, 9.17) is 0 Å². The average Bonchev–Trinajstić information content (AvgIpc) is 2.52. The number of rotatable bonds is 18. The van der Waals surface area contributed by atoms with Gasteiger partial charge in [-0.2, -0.15) is 0 Å². The lowest BCUT2D eigenvalue weighted by Crippen LogP contribution is -2.45. The Morgan fingerprint density at radius 3 is 1.54 bits per heavy atom. The molecule has 0 saturated heterocycles. The van der Waals surface area contributed by atoms with Crippen molar-refractivity contribution in [3.8, 4) is 0 Å². The van der Waals surface area contributed by atoms with Crippen LogP contribution < -0.4 is 0 Å². The first kappa shape index (κ1) is 23.9. The summed E-state index contributed by atoms with van der Waals surface area (Å²) in [7, 11) is 4.57. The molecule has 2 heteroatoms. The van der Waals surface area contributed by atoms with E-state index >= 15 is 0 Å². The Labute approximate surface area is 153 Å². The van der Waals surface area contributed by atoms with Crippen LogP contribution in [0.2, 0.25) is 0 Å². The Hall–Kier alpha value is -0.0800. The minimum Gasteiger partial charge on any atom is -0.387 e. The molecule has 1 atom stereocenters. The minimum atomic E-state index is -0.111. The summed E-state index contributed by atoms with van der Waals surface area (Å²) in [5.41, 5.74) is 0. The fourth-order valence-corrected chi connectivity index (χ4v) is 3.59. The van der Waals surface area contributed by atoms with Gasteiger partial charge in [-0.25, -0.2) is 0 Å². The van der Waals surface area contributed by atoms with Crippen molar-refractivity contribution in [2.24, 2.45) is 0 Å². The minimum absolute atomic E-state index is 0.111. The largest absolute Gasteiger partial charge is 0.387 e. The van der Waals surface area contributed by atoms with Gasteiger partial charge in [0.1, 0.15) is 12.6 Å². The summed E-state index contributed by atoms with van der Waals surface area (Å²) in [4.78, 5) is 0. The molecule has 0 rings (SSSR count). The molecule has 0 saturated carbocycles. The quantitative estimate of drug-likeness (QED) is 0.228. The molecule has 0 aromatic rings. The maximum atomic E-state index is 10.3. The number of aliphatic hydroxyl groups is 1. The number of hydrogen-bond donors (Lipinski definition) is 1. The molecule has 24 heavy (non-hydrogen) atoms. The molecule has 0 amide bonds. The summed E-state index contributed by atoms with van der Waals surface area (Å²) in [6, 6.07) is 0. The lowest BCUT2D eigenvalue weighted by Gasteiger charge is -2.32. The highest BCUT2D eigenvalue weighted by Crippen LogP contribution is 2.13. The number of likely N-dealkylation sites (N-methyl/N-ethyl adjacent to an activating group) is 1. The molecule has 1 N–H and O–H groups in total. The Morgan fingerprint density at radius 2 is 1.04 bits per heavy atom. The Kier molecular flexibility index (Phi) is 16.3. The molecule has 0 bridgehead atoms. The molecule has 0 aliphatic heterocycles. The van der Waals surface area contributed by atoms with Gasteiger partial charge in [-0.05, 0) is 19.3 Å². The lowest BCUT2D eigenvalue weighted by atomic mass is 10.1. The van der Waals surface area contributed by atoms with Crippen LogP contribution in [0.25, 0.3) is 0 Å². The van der Waals surface area contributed by atoms with E-state index in [2.05, 4.69) is 27.9 Å². The zero-order valence-electron chi connectivity index (χ0n) is 17.5. The summed E-state index contributed by atoms with van der Waals surface area (Å²) in [6.07, 6.45) is 19.8. The monoisotopic (exact) mass is 342 g/mol. The smallest absolute Gasteiger partial charge is 0.105 e. The van der Waals surface area contributed by atoms with E-state index in [9.17, 15) is 5.11 Å². The van der Waals surface area contributed by atoms with Crippen LogP contribution >= 0.6 is 0 Å². The van der Waals surface area contributed by atoms with Crippen molar-refractivity contribution in [2.75, 3.05) is 27.2 Å². The van der Waals surface area contributed by atoms with E-state index in [1.165, 1.54) is 96.4 Å². The molecule has 2 nitrogen and oxygen atoms in total. The van der Waals surface area contributed by atoms with Crippen LogP contribution in [0.4, 0.5) is 0 Å². The van der Waals surface area contributed by atoms with Gasteiger partial charge in [0.05, 0.1) is 20.6 Å². The van der Waals surface area contributed by atoms with Gasteiger partial charge in [-0.15, -0.1) is 0 Å². The van der Waals surface area contributed by atoms with Crippen LogP contribution in [0.15, 0.2) is 0 Å². The first-order chi connectivity index (χ1) is 11.5. The predicted molar refractivity (Wildman–Crippen MR) is 108 cm³/mol. The van der Waals surface area contributed by atoms with Gasteiger partial charge in [0.15, 0.2) is 0 Å². The lowest BCUT2D eigenvalue weighted by molar-refractivity contribution is -0.893. The van der Waals surface area contributed by atoms with Crippen molar-refractivity contribution in [2.45, 2.75) is 116 Å². The molecule has 0 radical (unpaired) electrons. The van der Waals surface area contributed by atoms with Crippen molar-refractivity contribution in [1.82, 2.24) is 0 Å². The zero-order chi connectivity index (χ0) is 18.1. The van der Waals surface area contributed by atoms with Crippen molar-refractivity contribution >= 4 is 0 Å². The van der Waals surface area contributed by atoms with Crippen LogP contribution in [0.5, 0.6) is 0 Å². The van der Waals surface area contributed by atoms with Gasteiger partial charge in [0.2, 0.25) is 0 Å². The van der Waals surface area contributed by atoms with Crippen LogP contribution in [0, 0.1) is 0 Å². The topological polar surface area (TPSA) is 20.2 Å². The first-order valence-electron chi connectivity index (χ1n) is 11.0. The third-order valence-electron chi connectivity index (χ3n) is 5.21. The molecule has 0 heterocycles. The van der Waals surface area contributed by atoms with E-state index in [1.54, 1.807) is 0 Å². The fraction of sp³-hybridized carbons (Fsp3) is 1.00. The van der Waals surface area contributed by atoms with Gasteiger partial charge >= 0.3 is 0 Å². The highest BCUT2D eigenvalue weighted by molar-refractivity contribution is 4.56. The van der Waals surface area contributed by atoms with Crippen LogP contribution in [0.1, 0.15) is 110 Å². The SMILES string of the molecule is CCCCCCCCCC[N+](C)(C)CC(O)CCCCCCCC. The molecule has 0 spiro atoms. The number of quaternary nitrogens is 1. The normalized spacial score (nSPS) is 13.4. The number of aliphatic hydroxyl groups excluding tert-OH is 1. The Balaban J connectivity index is 3.54. The maximum Gasteiger partial charge on any atom is 0.105 e. The van der Waals surface area contributed by atoms with Crippen molar-refractivity contribution in [3.63, 3.8) is 0 Å². The highest BCUT2D eigenvalue weighted by atomic mass is 16.3. The molecule has 146 valence electrons. The van der Waals surface area contributed by atoms with Gasteiger partial charge in [-0.3, -0.25) is 0 Å². The van der Waals surface area contributed by atoms with E-state index in [1.807, 2.05) is 0 Å². The van der Waals surface area contributed by atoms with E-state index in [0.29, 0.717) is 0 Å². The number of hydrogen-bond acceptors (Lipinski definition) is 1. The van der Waals surface area contributed by atoms with Gasteiger partial charge in [0.25, 0.3) is 0 Å². The van der Waals surface area contributed by atoms with Gasteiger partial charge in [0, 0.05) is 0 Å². The summed E-state index contributed by atoms with van der Waals surface area (Å²) in [6.45, 7) is 6.67. The summed E-state index contributed by atoms with van der Waals surface area (Å²) in [5.74, 6) is 0. The molecule has 0 aliphatic carbocycles. The van der Waals surface area contributed by atoms with Gasteiger partial charge < -0.3 is 9.59 Å². The molecule has 0 aromatic carbocycles. The predicted octanol–water partition coefficient (Wildman–Crippen LogP) is 6.32. The summed E-state index contributed by atoms with van der Waals surface area (Å²) < 4.78 is 0.979. The second-order valence-corrected chi connectivity index (χ2v) is 8.53. The highest BCUT2D eigenvalue weighted by Gasteiger charge is 2.19. The van der Waals surface area contributed by atoms with Crippen LogP contribution in [-0.2, 0) is 0 Å². The Morgan fingerprint density at radius 1 is 0.625 bits per heavy atom. The van der Waals surface area contributed by atoms with Crippen molar-refractivity contribution in [1.29, 1.82) is 0 Å². The van der Waals surface area contributed by atoms with Crippen LogP contribution in [-0.4, -0.2) is 42.9 Å². The van der Waals surface area contributed by atoms with Crippen LogP contribution in [0.3, 0.4) is 0 Å². The summed E-state index contributed by atoms with van der Waals surface area (Å²) in [5, 5.41) is 10.3. The first-order valence-corrected chi connectivity index (χ1v) is 11.0. The second-order valence-electron chi connectivity index (χ2n) is 8.53. The van der Waals surface area contributed by atoms with E-state index in [0.717, 1.165) is 17.4 Å². The molecular weight excluding hydrogens is 294 g/mol. The molecule has 1 unspecified atom stereocenters. The zero-order valence-corrected chi connectivity index (χ0v) is 17.5. The molecule has 0 fully saturated rings. The van der Waals surface area contributed by atoms with Crippen molar-refractivity contribution in [3.05, 3.63) is 0 Å². The van der Waals surface area contributed by atoms with Gasteiger partial charge in [-0.1, -0.05) is 90.9 Å². The Bertz CT molecular complexity index is 252.